The van der Waals surface area contributed by atoms with Gasteiger partial charge >= 0.3 is 0 Å². The van der Waals surface area contributed by atoms with E-state index >= 15 is 0 Å². The number of carbonyl (C=O) groups is 2. The predicted molar refractivity (Wildman–Crippen MR) is 103 cm³/mol. The normalized spacial score (nSPS) is 10.3. The number of thioether (sulfide) groups is 1. The Morgan fingerprint density at radius 3 is 2.35 bits per heavy atom. The lowest BCUT2D eigenvalue weighted by molar-refractivity contribution is -0.119. The Balaban J connectivity index is 1.56. The van der Waals surface area contributed by atoms with Gasteiger partial charge in [-0.25, -0.2) is 0 Å². The van der Waals surface area contributed by atoms with Crippen molar-refractivity contribution in [3.05, 3.63) is 84.2 Å². The highest BCUT2D eigenvalue weighted by atomic mass is 32.2. The Labute approximate surface area is 156 Å². The minimum atomic E-state index is -0.358. The number of rotatable bonds is 5. The van der Waals surface area contributed by atoms with E-state index in [9.17, 15) is 9.59 Å². The summed E-state index contributed by atoms with van der Waals surface area (Å²) in [6, 6.07) is 18.9. The molecule has 26 heavy (non-hydrogen) atoms. The number of para-hydroxylation sites is 1. The average molecular weight is 365 g/mol. The molecule has 0 spiro atoms. The minimum Gasteiger partial charge on any atom is -0.323 e. The maximum atomic E-state index is 12.4. The fraction of sp³-hybridized carbons (Fsp3) is 0.100. The zero-order valence-corrected chi connectivity index (χ0v) is 15.1. The van der Waals surface area contributed by atoms with E-state index in [0.717, 1.165) is 10.6 Å². The molecule has 2 N–H and O–H groups in total. The number of amides is 2. The fourth-order valence-corrected chi connectivity index (χ4v) is 3.10. The van der Waals surface area contributed by atoms with E-state index in [2.05, 4.69) is 10.9 Å². The third kappa shape index (κ3) is 4.55. The number of aryl methyl sites for hydroxylation is 1. The summed E-state index contributed by atoms with van der Waals surface area (Å²) in [6.07, 6.45) is 3.73. The largest absolute Gasteiger partial charge is 0.323 e. The number of benzene rings is 2. The lowest BCUT2D eigenvalue weighted by atomic mass is 10.1. The molecule has 3 rings (SSSR count). The van der Waals surface area contributed by atoms with Crippen LogP contribution < -0.4 is 10.9 Å². The van der Waals surface area contributed by atoms with Gasteiger partial charge in [0, 0.05) is 17.3 Å². The summed E-state index contributed by atoms with van der Waals surface area (Å²) in [6.45, 7) is 2.02. The zero-order chi connectivity index (χ0) is 18.4. The Morgan fingerprint density at radius 1 is 0.923 bits per heavy atom. The summed E-state index contributed by atoms with van der Waals surface area (Å²) in [4.78, 5) is 25.4. The van der Waals surface area contributed by atoms with Crippen LogP contribution in [0.1, 0.15) is 15.9 Å². The molecular weight excluding hydrogens is 346 g/mol. The molecule has 1 aromatic heterocycles. The Morgan fingerprint density at radius 2 is 1.62 bits per heavy atom. The van der Waals surface area contributed by atoms with Crippen LogP contribution in [0.2, 0.25) is 0 Å². The zero-order valence-electron chi connectivity index (χ0n) is 14.3. The molecule has 0 saturated heterocycles. The van der Waals surface area contributed by atoms with Gasteiger partial charge < -0.3 is 4.57 Å². The molecule has 0 radical (unpaired) electrons. The highest BCUT2D eigenvalue weighted by Crippen LogP contribution is 2.18. The maximum absolute atomic E-state index is 12.4. The van der Waals surface area contributed by atoms with Crippen molar-refractivity contribution in [2.75, 3.05) is 5.75 Å². The van der Waals surface area contributed by atoms with Crippen molar-refractivity contribution in [3.8, 4) is 5.69 Å². The standard InChI is InChI=1S/C20H19N3O2S/c1-15-8-10-16(11-9-15)26-14-19(24)21-22-20(25)17-6-2-3-7-18(17)23-12-4-5-13-23/h2-13H,14H2,1H3,(H,21,24)(H,22,25). The quantitative estimate of drug-likeness (QED) is 0.538. The lowest BCUT2D eigenvalue weighted by Gasteiger charge is -2.11. The number of hydrazine groups is 1. The van der Waals surface area contributed by atoms with Gasteiger partial charge in [-0.3, -0.25) is 20.4 Å². The van der Waals surface area contributed by atoms with E-state index in [1.807, 2.05) is 72.4 Å². The van der Waals surface area contributed by atoms with Gasteiger partial charge in [-0.1, -0.05) is 29.8 Å². The van der Waals surface area contributed by atoms with Crippen LogP contribution in [-0.4, -0.2) is 22.1 Å². The van der Waals surface area contributed by atoms with Crippen LogP contribution in [-0.2, 0) is 4.79 Å². The third-order valence-electron chi connectivity index (χ3n) is 3.74. The van der Waals surface area contributed by atoms with Crippen LogP contribution in [0.25, 0.3) is 5.69 Å². The van der Waals surface area contributed by atoms with Gasteiger partial charge in [-0.2, -0.15) is 0 Å². The molecule has 0 bridgehead atoms. The Hall–Kier alpha value is -2.99. The third-order valence-corrected chi connectivity index (χ3v) is 4.75. The smallest absolute Gasteiger partial charge is 0.271 e. The molecule has 5 nitrogen and oxygen atoms in total. The first kappa shape index (κ1) is 17.8. The molecule has 0 unspecified atom stereocenters. The maximum Gasteiger partial charge on any atom is 0.271 e. The van der Waals surface area contributed by atoms with Crippen LogP contribution in [0.3, 0.4) is 0 Å². The van der Waals surface area contributed by atoms with Gasteiger partial charge in [0.05, 0.1) is 17.0 Å². The molecule has 2 aromatic carbocycles. The van der Waals surface area contributed by atoms with Gasteiger partial charge in [0.1, 0.15) is 0 Å². The molecule has 0 saturated carbocycles. The van der Waals surface area contributed by atoms with Crippen molar-refractivity contribution >= 4 is 23.6 Å². The van der Waals surface area contributed by atoms with Crippen LogP contribution in [0.5, 0.6) is 0 Å². The minimum absolute atomic E-state index is 0.225. The predicted octanol–water partition coefficient (Wildman–Crippen LogP) is 3.34. The topological polar surface area (TPSA) is 63.1 Å². The monoisotopic (exact) mass is 365 g/mol. The molecule has 132 valence electrons. The summed E-state index contributed by atoms with van der Waals surface area (Å²) in [5.74, 6) is -0.395. The molecule has 0 aliphatic rings. The van der Waals surface area contributed by atoms with E-state index in [4.69, 9.17) is 0 Å². The summed E-state index contributed by atoms with van der Waals surface area (Å²) >= 11 is 1.42. The first-order valence-corrected chi connectivity index (χ1v) is 9.13. The molecule has 0 atom stereocenters. The van der Waals surface area contributed by atoms with Crippen molar-refractivity contribution in [1.29, 1.82) is 0 Å². The number of hydrogen-bond donors (Lipinski definition) is 2. The van der Waals surface area contributed by atoms with E-state index in [-0.39, 0.29) is 17.6 Å². The van der Waals surface area contributed by atoms with E-state index < -0.39 is 0 Å². The van der Waals surface area contributed by atoms with Gasteiger partial charge in [-0.15, -0.1) is 11.8 Å². The van der Waals surface area contributed by atoms with Crippen LogP contribution >= 0.6 is 11.8 Å². The number of nitrogens with one attached hydrogen (secondary N) is 2. The summed E-state index contributed by atoms with van der Waals surface area (Å²) in [5.41, 5.74) is 7.35. The van der Waals surface area contributed by atoms with Gasteiger partial charge in [0.25, 0.3) is 5.91 Å². The SMILES string of the molecule is Cc1ccc(SCC(=O)NNC(=O)c2ccccc2-n2cccc2)cc1. The molecule has 3 aromatic rings. The highest BCUT2D eigenvalue weighted by molar-refractivity contribution is 8.00. The second-order valence-corrected chi connectivity index (χ2v) is 6.76. The molecule has 0 aliphatic carbocycles. The number of aromatic nitrogens is 1. The van der Waals surface area contributed by atoms with Crippen molar-refractivity contribution in [2.45, 2.75) is 11.8 Å². The highest BCUT2D eigenvalue weighted by Gasteiger charge is 2.12. The molecule has 0 aliphatic heterocycles. The summed E-state index contributed by atoms with van der Waals surface area (Å²) < 4.78 is 1.85. The van der Waals surface area contributed by atoms with Gasteiger partial charge in [0.15, 0.2) is 0 Å². The number of carbonyl (C=O) groups excluding carboxylic acids is 2. The van der Waals surface area contributed by atoms with E-state index in [1.54, 1.807) is 12.1 Å². The molecule has 1 heterocycles. The van der Waals surface area contributed by atoms with Crippen molar-refractivity contribution < 1.29 is 9.59 Å². The first-order valence-electron chi connectivity index (χ1n) is 8.14. The average Bonchev–Trinajstić information content (AvgIpc) is 3.20. The number of nitrogens with zero attached hydrogens (tertiary/aromatic N) is 1. The lowest BCUT2D eigenvalue weighted by Crippen LogP contribution is -2.42. The van der Waals surface area contributed by atoms with Crippen LogP contribution in [0.4, 0.5) is 0 Å². The van der Waals surface area contributed by atoms with Crippen molar-refractivity contribution in [1.82, 2.24) is 15.4 Å². The molecular formula is C20H19N3O2S. The summed E-state index contributed by atoms with van der Waals surface area (Å²) in [5, 5.41) is 0. The second-order valence-electron chi connectivity index (χ2n) is 5.71. The Bertz CT molecular complexity index is 890. The van der Waals surface area contributed by atoms with Gasteiger partial charge in [0.2, 0.25) is 5.91 Å². The fourth-order valence-electron chi connectivity index (χ4n) is 2.40. The molecule has 6 heteroatoms. The van der Waals surface area contributed by atoms with E-state index in [0.29, 0.717) is 5.56 Å². The van der Waals surface area contributed by atoms with Crippen molar-refractivity contribution in [2.24, 2.45) is 0 Å². The van der Waals surface area contributed by atoms with E-state index in [1.165, 1.54) is 17.3 Å². The molecule has 0 fully saturated rings. The Kier molecular flexibility index (Phi) is 5.76. The summed E-state index contributed by atoms with van der Waals surface area (Å²) in [7, 11) is 0. The van der Waals surface area contributed by atoms with Crippen molar-refractivity contribution in [3.63, 3.8) is 0 Å². The second kappa shape index (κ2) is 8.40. The molecule has 2 amide bonds. The first-order chi connectivity index (χ1) is 12.6. The van der Waals surface area contributed by atoms with Crippen LogP contribution in [0.15, 0.2) is 78.0 Å². The van der Waals surface area contributed by atoms with Crippen LogP contribution in [0, 0.1) is 6.92 Å². The number of hydrogen-bond acceptors (Lipinski definition) is 3. The van der Waals surface area contributed by atoms with Gasteiger partial charge in [-0.05, 0) is 43.3 Å².